The van der Waals surface area contributed by atoms with Gasteiger partial charge in [0.15, 0.2) is 9.84 Å². The minimum absolute atomic E-state index is 0.00618. The lowest BCUT2D eigenvalue weighted by atomic mass is 9.83. The number of hydrogen-bond donors (Lipinski definition) is 0. The van der Waals surface area contributed by atoms with E-state index < -0.39 is 14.6 Å². The minimum atomic E-state index is -3.09. The van der Waals surface area contributed by atoms with E-state index in [4.69, 9.17) is 4.74 Å². The summed E-state index contributed by atoms with van der Waals surface area (Å²) in [5.74, 6) is 0.240. The Kier molecular flexibility index (Phi) is 4.21. The number of rotatable bonds is 5. The predicted molar refractivity (Wildman–Crippen MR) is 93.9 cm³/mol. The van der Waals surface area contributed by atoms with Crippen molar-refractivity contribution in [2.45, 2.75) is 17.7 Å². The zero-order valence-corrected chi connectivity index (χ0v) is 14.7. The molecule has 1 atom stereocenters. The lowest BCUT2D eigenvalue weighted by Crippen LogP contribution is -2.67. The van der Waals surface area contributed by atoms with Gasteiger partial charge in [0.05, 0.1) is 12.4 Å². The van der Waals surface area contributed by atoms with E-state index in [1.807, 2.05) is 18.2 Å². The van der Waals surface area contributed by atoms with Crippen molar-refractivity contribution in [3.8, 4) is 6.01 Å². The zero-order valence-electron chi connectivity index (χ0n) is 13.9. The molecular formula is C18H21N3O3S. The molecule has 3 heterocycles. The van der Waals surface area contributed by atoms with E-state index in [2.05, 4.69) is 27.0 Å². The van der Waals surface area contributed by atoms with Crippen molar-refractivity contribution in [2.75, 3.05) is 25.4 Å². The Labute approximate surface area is 147 Å². The SMILES string of the molecule is O=S1(=O)CC[C@@H](COc2ncccn2)C12CN(Cc1ccccc1)C2. The van der Waals surface area contributed by atoms with Gasteiger partial charge in [-0.25, -0.2) is 18.4 Å². The van der Waals surface area contributed by atoms with Crippen LogP contribution >= 0.6 is 0 Å². The molecule has 0 bridgehead atoms. The zero-order chi connectivity index (χ0) is 17.3. The van der Waals surface area contributed by atoms with Crippen LogP contribution in [-0.4, -0.2) is 53.5 Å². The second-order valence-electron chi connectivity index (χ2n) is 6.84. The molecule has 0 N–H and O–H groups in total. The molecule has 1 spiro atoms. The van der Waals surface area contributed by atoms with E-state index in [9.17, 15) is 8.42 Å². The smallest absolute Gasteiger partial charge is 0.316 e. The Morgan fingerprint density at radius 2 is 1.84 bits per heavy atom. The van der Waals surface area contributed by atoms with Gasteiger partial charge in [-0.1, -0.05) is 30.3 Å². The van der Waals surface area contributed by atoms with Crippen LogP contribution in [0.25, 0.3) is 0 Å². The molecule has 2 fully saturated rings. The highest BCUT2D eigenvalue weighted by molar-refractivity contribution is 7.93. The molecule has 0 amide bonds. The monoisotopic (exact) mass is 359 g/mol. The number of aromatic nitrogens is 2. The molecule has 6 nitrogen and oxygen atoms in total. The highest BCUT2D eigenvalue weighted by atomic mass is 32.2. The summed E-state index contributed by atoms with van der Waals surface area (Å²) in [6, 6.07) is 12.2. The van der Waals surface area contributed by atoms with Crippen molar-refractivity contribution >= 4 is 9.84 Å². The fraction of sp³-hybridized carbons (Fsp3) is 0.444. The van der Waals surface area contributed by atoms with Gasteiger partial charge < -0.3 is 4.74 Å². The van der Waals surface area contributed by atoms with Crippen molar-refractivity contribution in [3.63, 3.8) is 0 Å². The van der Waals surface area contributed by atoms with E-state index >= 15 is 0 Å². The lowest BCUT2D eigenvalue weighted by molar-refractivity contribution is 0.0572. The summed E-state index contributed by atoms with van der Waals surface area (Å²) in [5.41, 5.74) is 1.21. The Balaban J connectivity index is 1.43. The Bertz CT molecular complexity index is 821. The number of nitrogens with zero attached hydrogens (tertiary/aromatic N) is 3. The molecule has 4 rings (SSSR count). The molecule has 1 aromatic heterocycles. The summed E-state index contributed by atoms with van der Waals surface area (Å²) < 4.78 is 30.3. The van der Waals surface area contributed by atoms with Crippen LogP contribution in [0.2, 0.25) is 0 Å². The second-order valence-corrected chi connectivity index (χ2v) is 9.29. The molecule has 2 aromatic rings. The van der Waals surface area contributed by atoms with Crippen LogP contribution in [0, 0.1) is 5.92 Å². The predicted octanol–water partition coefficient (Wildman–Crippen LogP) is 1.54. The first-order valence-electron chi connectivity index (χ1n) is 8.47. The van der Waals surface area contributed by atoms with Crippen molar-refractivity contribution < 1.29 is 13.2 Å². The Morgan fingerprint density at radius 3 is 2.56 bits per heavy atom. The van der Waals surface area contributed by atoms with E-state index in [-0.39, 0.29) is 11.7 Å². The summed E-state index contributed by atoms with van der Waals surface area (Å²) in [6.45, 7) is 2.29. The van der Waals surface area contributed by atoms with Crippen molar-refractivity contribution in [2.24, 2.45) is 5.92 Å². The fourth-order valence-corrected chi connectivity index (χ4v) is 6.36. The summed E-state index contributed by atoms with van der Waals surface area (Å²) in [6.07, 6.45) is 3.89. The van der Waals surface area contributed by atoms with Gasteiger partial charge in [0, 0.05) is 37.9 Å². The number of sulfone groups is 1. The van der Waals surface area contributed by atoms with Gasteiger partial charge in [-0.2, -0.15) is 0 Å². The normalized spacial score (nSPS) is 24.1. The quantitative estimate of drug-likeness (QED) is 0.806. The number of benzene rings is 1. The largest absolute Gasteiger partial charge is 0.463 e. The summed E-state index contributed by atoms with van der Waals surface area (Å²) >= 11 is 0. The maximum absolute atomic E-state index is 12.7. The topological polar surface area (TPSA) is 72.4 Å². The van der Waals surface area contributed by atoms with Gasteiger partial charge in [0.1, 0.15) is 4.75 Å². The van der Waals surface area contributed by atoms with E-state index in [0.29, 0.717) is 32.1 Å². The maximum atomic E-state index is 12.7. The van der Waals surface area contributed by atoms with Gasteiger partial charge in [0.25, 0.3) is 0 Å². The van der Waals surface area contributed by atoms with Crippen LogP contribution in [0.1, 0.15) is 12.0 Å². The first kappa shape index (κ1) is 16.5. The van der Waals surface area contributed by atoms with Crippen LogP contribution < -0.4 is 4.74 Å². The van der Waals surface area contributed by atoms with Crippen molar-refractivity contribution in [1.82, 2.24) is 14.9 Å². The average molecular weight is 359 g/mol. The number of ether oxygens (including phenoxy) is 1. The van der Waals surface area contributed by atoms with Crippen LogP contribution in [-0.2, 0) is 16.4 Å². The third kappa shape index (κ3) is 3.02. The molecule has 1 aromatic carbocycles. The summed E-state index contributed by atoms with van der Waals surface area (Å²) in [7, 11) is -3.09. The summed E-state index contributed by atoms with van der Waals surface area (Å²) in [5, 5.41) is 0. The molecular weight excluding hydrogens is 338 g/mol. The molecule has 0 aliphatic carbocycles. The molecule has 2 saturated heterocycles. The van der Waals surface area contributed by atoms with Crippen LogP contribution in [0.4, 0.5) is 0 Å². The van der Waals surface area contributed by atoms with E-state index in [1.54, 1.807) is 18.5 Å². The first-order chi connectivity index (χ1) is 12.1. The third-order valence-corrected chi connectivity index (χ3v) is 7.89. The van der Waals surface area contributed by atoms with Crippen LogP contribution in [0.15, 0.2) is 48.8 Å². The van der Waals surface area contributed by atoms with Gasteiger partial charge in [-0.3, -0.25) is 4.90 Å². The van der Waals surface area contributed by atoms with Gasteiger partial charge >= 0.3 is 6.01 Å². The maximum Gasteiger partial charge on any atom is 0.316 e. The van der Waals surface area contributed by atoms with E-state index in [0.717, 1.165) is 6.54 Å². The molecule has 0 radical (unpaired) electrons. The van der Waals surface area contributed by atoms with Crippen molar-refractivity contribution in [1.29, 1.82) is 0 Å². The second kappa shape index (κ2) is 6.38. The number of likely N-dealkylation sites (tertiary alicyclic amines) is 1. The Morgan fingerprint density at radius 1 is 1.12 bits per heavy atom. The standard InChI is InChI=1S/C18H21N3O3S/c22-25(23)10-7-16(12-24-17-19-8-4-9-20-17)18(25)13-21(14-18)11-15-5-2-1-3-6-15/h1-6,8-9,16H,7,10-14H2/t16-/m0/s1. The van der Waals surface area contributed by atoms with Gasteiger partial charge in [0.2, 0.25) is 0 Å². The van der Waals surface area contributed by atoms with Crippen LogP contribution in [0.3, 0.4) is 0 Å². The molecule has 2 aliphatic rings. The molecule has 7 heteroatoms. The fourth-order valence-electron chi connectivity index (χ4n) is 3.91. The van der Waals surface area contributed by atoms with Crippen molar-refractivity contribution in [3.05, 3.63) is 54.4 Å². The average Bonchev–Trinajstić information content (AvgIpc) is 2.86. The highest BCUT2D eigenvalue weighted by Gasteiger charge is 2.61. The minimum Gasteiger partial charge on any atom is -0.463 e. The Hall–Kier alpha value is -1.99. The third-order valence-electron chi connectivity index (χ3n) is 5.29. The van der Waals surface area contributed by atoms with Crippen LogP contribution in [0.5, 0.6) is 6.01 Å². The molecule has 132 valence electrons. The first-order valence-corrected chi connectivity index (χ1v) is 10.1. The van der Waals surface area contributed by atoms with Gasteiger partial charge in [-0.15, -0.1) is 0 Å². The lowest BCUT2D eigenvalue weighted by Gasteiger charge is -2.50. The highest BCUT2D eigenvalue weighted by Crippen LogP contribution is 2.45. The summed E-state index contributed by atoms with van der Waals surface area (Å²) in [4.78, 5) is 10.3. The van der Waals surface area contributed by atoms with E-state index in [1.165, 1.54) is 5.56 Å². The molecule has 0 unspecified atom stereocenters. The molecule has 0 saturated carbocycles. The van der Waals surface area contributed by atoms with Gasteiger partial charge in [-0.05, 0) is 18.1 Å². The molecule has 25 heavy (non-hydrogen) atoms. The number of hydrogen-bond acceptors (Lipinski definition) is 6. The molecule has 2 aliphatic heterocycles.